The SMILES string of the molecule is CC#CCC(=O)c1cccc(C)n1. The van der Waals surface area contributed by atoms with E-state index in [0.717, 1.165) is 5.69 Å². The lowest BCUT2D eigenvalue weighted by atomic mass is 10.2. The number of pyridine rings is 1. The largest absolute Gasteiger partial charge is 0.291 e. The van der Waals surface area contributed by atoms with Crippen LogP contribution in [0.25, 0.3) is 0 Å². The number of aryl methyl sites for hydroxylation is 1. The number of aromatic nitrogens is 1. The summed E-state index contributed by atoms with van der Waals surface area (Å²) < 4.78 is 0. The third-order valence-corrected chi connectivity index (χ3v) is 1.60. The molecule has 0 bridgehead atoms. The average molecular weight is 173 g/mol. The first-order valence-corrected chi connectivity index (χ1v) is 4.10. The first-order chi connectivity index (χ1) is 6.24. The van der Waals surface area contributed by atoms with Crippen molar-refractivity contribution in [2.75, 3.05) is 0 Å². The molecule has 0 aliphatic heterocycles. The van der Waals surface area contributed by atoms with Crippen molar-refractivity contribution in [1.29, 1.82) is 0 Å². The van der Waals surface area contributed by atoms with E-state index in [2.05, 4.69) is 16.8 Å². The molecule has 0 N–H and O–H groups in total. The van der Waals surface area contributed by atoms with E-state index in [1.807, 2.05) is 19.1 Å². The molecule has 1 aromatic heterocycles. The molecule has 0 aliphatic carbocycles. The fraction of sp³-hybridized carbons (Fsp3) is 0.273. The van der Waals surface area contributed by atoms with Crippen LogP contribution < -0.4 is 0 Å². The van der Waals surface area contributed by atoms with Crippen LogP contribution in [0.2, 0.25) is 0 Å². The second kappa shape index (κ2) is 4.42. The van der Waals surface area contributed by atoms with Crippen LogP contribution in [0.4, 0.5) is 0 Å². The van der Waals surface area contributed by atoms with Gasteiger partial charge in [-0.25, -0.2) is 4.98 Å². The lowest BCUT2D eigenvalue weighted by Crippen LogP contribution is -2.01. The second-order valence-corrected chi connectivity index (χ2v) is 2.69. The van der Waals surface area contributed by atoms with E-state index in [-0.39, 0.29) is 12.2 Å². The zero-order valence-corrected chi connectivity index (χ0v) is 7.79. The van der Waals surface area contributed by atoms with Gasteiger partial charge in [0.1, 0.15) is 5.69 Å². The van der Waals surface area contributed by atoms with E-state index in [1.54, 1.807) is 13.0 Å². The fourth-order valence-electron chi connectivity index (χ4n) is 0.958. The van der Waals surface area contributed by atoms with Gasteiger partial charge in [0.2, 0.25) is 0 Å². The molecule has 0 saturated carbocycles. The van der Waals surface area contributed by atoms with E-state index in [1.165, 1.54) is 0 Å². The minimum absolute atomic E-state index is 0.0157. The molecule has 0 aliphatic rings. The Morgan fingerprint density at radius 1 is 1.54 bits per heavy atom. The summed E-state index contributed by atoms with van der Waals surface area (Å²) in [6.07, 6.45) is 0.257. The molecule has 0 unspecified atom stereocenters. The number of hydrogen-bond acceptors (Lipinski definition) is 2. The van der Waals surface area contributed by atoms with Gasteiger partial charge < -0.3 is 0 Å². The molecule has 1 rings (SSSR count). The molecular formula is C11H11NO. The van der Waals surface area contributed by atoms with Crippen molar-refractivity contribution < 1.29 is 4.79 Å². The minimum atomic E-state index is -0.0157. The summed E-state index contributed by atoms with van der Waals surface area (Å²) in [6, 6.07) is 5.41. The molecule has 0 atom stereocenters. The van der Waals surface area contributed by atoms with Crippen molar-refractivity contribution in [2.24, 2.45) is 0 Å². The van der Waals surface area contributed by atoms with Gasteiger partial charge >= 0.3 is 0 Å². The van der Waals surface area contributed by atoms with Crippen LogP contribution in [0.3, 0.4) is 0 Å². The van der Waals surface area contributed by atoms with Crippen LogP contribution in [0.1, 0.15) is 29.5 Å². The van der Waals surface area contributed by atoms with Crippen molar-refractivity contribution in [3.05, 3.63) is 29.6 Å². The minimum Gasteiger partial charge on any atom is -0.291 e. The summed E-state index contributed by atoms with van der Waals surface area (Å²) in [6.45, 7) is 3.58. The van der Waals surface area contributed by atoms with Crippen LogP contribution in [0, 0.1) is 18.8 Å². The molecule has 1 aromatic rings. The third kappa shape index (κ3) is 2.72. The van der Waals surface area contributed by atoms with Crippen LogP contribution in [0.5, 0.6) is 0 Å². The zero-order chi connectivity index (χ0) is 9.68. The molecule has 66 valence electrons. The Bertz CT molecular complexity index is 371. The second-order valence-electron chi connectivity index (χ2n) is 2.69. The maximum Gasteiger partial charge on any atom is 0.193 e. The van der Waals surface area contributed by atoms with Crippen molar-refractivity contribution in [3.8, 4) is 11.8 Å². The number of rotatable bonds is 2. The smallest absolute Gasteiger partial charge is 0.193 e. The number of carbonyl (C=O) groups excluding carboxylic acids is 1. The van der Waals surface area contributed by atoms with Gasteiger partial charge in [-0.1, -0.05) is 12.0 Å². The first kappa shape index (κ1) is 9.47. The van der Waals surface area contributed by atoms with Gasteiger partial charge in [-0.05, 0) is 26.0 Å². The summed E-state index contributed by atoms with van der Waals surface area (Å²) in [5.41, 5.74) is 1.36. The molecule has 13 heavy (non-hydrogen) atoms. The van der Waals surface area contributed by atoms with Gasteiger partial charge in [0.15, 0.2) is 5.78 Å². The predicted octanol–water partition coefficient (Wildman–Crippen LogP) is 1.99. The van der Waals surface area contributed by atoms with E-state index < -0.39 is 0 Å². The van der Waals surface area contributed by atoms with E-state index in [4.69, 9.17) is 0 Å². The molecule has 0 saturated heterocycles. The highest BCUT2D eigenvalue weighted by molar-refractivity contribution is 5.95. The van der Waals surface area contributed by atoms with Crippen LogP contribution >= 0.6 is 0 Å². The Balaban J connectivity index is 2.81. The summed E-state index contributed by atoms with van der Waals surface area (Å²) in [5.74, 6) is 5.40. The quantitative estimate of drug-likeness (QED) is 0.505. The number of Topliss-reactive ketones (excluding diaryl/α,β-unsaturated/α-hetero) is 1. The lowest BCUT2D eigenvalue weighted by molar-refractivity contribution is 0.0993. The molecule has 2 heteroatoms. The Morgan fingerprint density at radius 3 is 2.92 bits per heavy atom. The highest BCUT2D eigenvalue weighted by Gasteiger charge is 2.04. The molecule has 0 radical (unpaired) electrons. The molecule has 2 nitrogen and oxygen atoms in total. The van der Waals surface area contributed by atoms with E-state index in [9.17, 15) is 4.79 Å². The third-order valence-electron chi connectivity index (χ3n) is 1.60. The number of hydrogen-bond donors (Lipinski definition) is 0. The molecule has 1 heterocycles. The maximum absolute atomic E-state index is 11.4. The van der Waals surface area contributed by atoms with Crippen LogP contribution in [-0.2, 0) is 0 Å². The monoisotopic (exact) mass is 173 g/mol. The molecule has 0 amide bonds. The van der Waals surface area contributed by atoms with Gasteiger partial charge in [0, 0.05) is 5.69 Å². The van der Waals surface area contributed by atoms with Gasteiger partial charge in [-0.15, -0.1) is 5.92 Å². The van der Waals surface area contributed by atoms with Crippen molar-refractivity contribution in [3.63, 3.8) is 0 Å². The number of nitrogens with zero attached hydrogens (tertiary/aromatic N) is 1. The summed E-state index contributed by atoms with van der Waals surface area (Å²) in [4.78, 5) is 15.5. The molecule has 0 spiro atoms. The zero-order valence-electron chi connectivity index (χ0n) is 7.79. The first-order valence-electron chi connectivity index (χ1n) is 4.10. The van der Waals surface area contributed by atoms with E-state index in [0.29, 0.717) is 5.69 Å². The summed E-state index contributed by atoms with van der Waals surface area (Å²) in [5, 5.41) is 0. The normalized spacial score (nSPS) is 8.77. The van der Waals surface area contributed by atoms with Crippen molar-refractivity contribution in [1.82, 2.24) is 4.98 Å². The Kier molecular flexibility index (Phi) is 3.22. The van der Waals surface area contributed by atoms with Crippen molar-refractivity contribution in [2.45, 2.75) is 20.3 Å². The van der Waals surface area contributed by atoms with Gasteiger partial charge in [0.25, 0.3) is 0 Å². The molecular weight excluding hydrogens is 162 g/mol. The Labute approximate surface area is 78.0 Å². The average Bonchev–Trinajstić information content (AvgIpc) is 2.14. The fourth-order valence-corrected chi connectivity index (χ4v) is 0.958. The number of carbonyl (C=O) groups is 1. The standard InChI is InChI=1S/C11H11NO/c1-3-4-8-11(13)10-7-5-6-9(2)12-10/h5-7H,8H2,1-2H3. The highest BCUT2D eigenvalue weighted by Crippen LogP contribution is 2.01. The summed E-state index contributed by atoms with van der Waals surface area (Å²) >= 11 is 0. The maximum atomic E-state index is 11.4. The van der Waals surface area contributed by atoms with Gasteiger partial charge in [-0.3, -0.25) is 4.79 Å². The Hall–Kier alpha value is -1.62. The molecule has 0 fully saturated rings. The molecule has 0 aromatic carbocycles. The number of ketones is 1. The van der Waals surface area contributed by atoms with E-state index >= 15 is 0 Å². The predicted molar refractivity (Wildman–Crippen MR) is 51.4 cm³/mol. The Morgan fingerprint density at radius 2 is 2.31 bits per heavy atom. The highest BCUT2D eigenvalue weighted by atomic mass is 16.1. The van der Waals surface area contributed by atoms with Gasteiger partial charge in [0.05, 0.1) is 6.42 Å². The van der Waals surface area contributed by atoms with Gasteiger partial charge in [-0.2, -0.15) is 0 Å². The van der Waals surface area contributed by atoms with Crippen LogP contribution in [0.15, 0.2) is 18.2 Å². The van der Waals surface area contributed by atoms with Crippen molar-refractivity contribution >= 4 is 5.78 Å². The van der Waals surface area contributed by atoms with Crippen LogP contribution in [-0.4, -0.2) is 10.8 Å². The summed E-state index contributed by atoms with van der Waals surface area (Å²) in [7, 11) is 0. The lowest BCUT2D eigenvalue weighted by Gasteiger charge is -1.96. The topological polar surface area (TPSA) is 30.0 Å².